The maximum Gasteiger partial charge on any atom is 0.338 e. The molecule has 2 aliphatic rings. The predicted octanol–water partition coefficient (Wildman–Crippen LogP) is 3.11. The Morgan fingerprint density at radius 1 is 1.31 bits per heavy atom. The van der Waals surface area contributed by atoms with Gasteiger partial charge in [0, 0.05) is 23.2 Å². The van der Waals surface area contributed by atoms with Crippen LogP contribution in [0.25, 0.3) is 0 Å². The number of halogens is 1. The zero-order valence-corrected chi connectivity index (χ0v) is 17.2. The number of thiazole rings is 1. The van der Waals surface area contributed by atoms with Gasteiger partial charge in [-0.05, 0) is 50.0 Å². The van der Waals surface area contributed by atoms with Crippen LogP contribution in [-0.2, 0) is 9.53 Å². The van der Waals surface area contributed by atoms with E-state index in [0.29, 0.717) is 22.5 Å². The van der Waals surface area contributed by atoms with E-state index in [1.54, 1.807) is 19.2 Å². The zero-order valence-electron chi connectivity index (χ0n) is 16.4. The summed E-state index contributed by atoms with van der Waals surface area (Å²) >= 11 is 1.47. The monoisotopic (exact) mass is 414 g/mol. The number of aromatic nitrogens is 1. The largest absolute Gasteiger partial charge is 0.466 e. The molecular formula is C21H23FN4O2S. The molecule has 2 aliphatic heterocycles. The van der Waals surface area contributed by atoms with Gasteiger partial charge in [-0.1, -0.05) is 12.1 Å². The van der Waals surface area contributed by atoms with E-state index in [-0.39, 0.29) is 11.7 Å². The molecule has 1 saturated heterocycles. The van der Waals surface area contributed by atoms with Gasteiger partial charge in [-0.25, -0.2) is 14.2 Å². The van der Waals surface area contributed by atoms with Crippen LogP contribution < -0.4 is 10.6 Å². The number of rotatable bonds is 4. The Balaban J connectivity index is 1.89. The van der Waals surface area contributed by atoms with Crippen LogP contribution in [0.1, 0.15) is 35.0 Å². The lowest BCUT2D eigenvalue weighted by Gasteiger charge is -2.33. The minimum Gasteiger partial charge on any atom is -0.466 e. The van der Waals surface area contributed by atoms with E-state index in [0.717, 1.165) is 36.6 Å². The van der Waals surface area contributed by atoms with E-state index in [1.165, 1.54) is 24.5 Å². The van der Waals surface area contributed by atoms with Crippen LogP contribution in [0.2, 0.25) is 0 Å². The molecule has 6 nitrogen and oxygen atoms in total. The molecule has 0 spiro atoms. The molecule has 1 atom stereocenters. The molecule has 1 aromatic carbocycles. The third-order valence-electron chi connectivity index (χ3n) is 5.47. The second-order valence-corrected chi connectivity index (χ2v) is 8.03. The number of carbonyl (C=O) groups is 1. The van der Waals surface area contributed by atoms with Gasteiger partial charge in [-0.2, -0.15) is 0 Å². The van der Waals surface area contributed by atoms with Crippen LogP contribution in [0, 0.1) is 18.7 Å². The highest BCUT2D eigenvalue weighted by Crippen LogP contribution is 2.38. The molecular weight excluding hydrogens is 391 g/mol. The van der Waals surface area contributed by atoms with E-state index in [2.05, 4.69) is 15.6 Å². The normalized spacial score (nSPS) is 20.2. The summed E-state index contributed by atoms with van der Waals surface area (Å²) in [6, 6.07) is 4.24. The zero-order chi connectivity index (χ0) is 20.4. The lowest BCUT2D eigenvalue weighted by atomic mass is 9.85. The van der Waals surface area contributed by atoms with Gasteiger partial charge in [0.15, 0.2) is 10.8 Å². The van der Waals surface area contributed by atoms with Crippen molar-refractivity contribution in [3.63, 3.8) is 0 Å². The standard InChI is InChI=1S/C21H23FN4O2S/c1-12-14(4-3-5-15(12)22)18-16(21(27)28-2)17(13-6-8-23-9-7-13)25-19(26-18)20-24-10-11-29-20/h3-5,10-11,13,18,23H,6-9H2,1-2H3,(H,25,26). The number of aliphatic imine (C=N–C) groups is 1. The molecule has 0 radical (unpaired) electrons. The Labute approximate surface area is 172 Å². The fraction of sp³-hybridized carbons (Fsp3) is 0.381. The number of ether oxygens (including phenoxy) is 1. The number of methoxy groups -OCH3 is 1. The maximum absolute atomic E-state index is 14.4. The van der Waals surface area contributed by atoms with Crippen molar-refractivity contribution in [2.24, 2.45) is 10.9 Å². The number of benzene rings is 1. The molecule has 3 heterocycles. The SMILES string of the molecule is COC(=O)C1=C(C2CCNCC2)NC(c2nccs2)=NC1c1cccc(F)c1C. The van der Waals surface area contributed by atoms with E-state index in [4.69, 9.17) is 9.73 Å². The molecule has 2 aromatic rings. The Kier molecular flexibility index (Phi) is 5.73. The van der Waals surface area contributed by atoms with Crippen molar-refractivity contribution < 1.29 is 13.9 Å². The van der Waals surface area contributed by atoms with Gasteiger partial charge in [-0.15, -0.1) is 11.3 Å². The number of piperidine rings is 1. The number of carbonyl (C=O) groups excluding carboxylic acids is 1. The first kappa shape index (κ1) is 19.7. The molecule has 0 aliphatic carbocycles. The van der Waals surface area contributed by atoms with E-state index in [9.17, 15) is 9.18 Å². The van der Waals surface area contributed by atoms with E-state index in [1.807, 2.05) is 11.4 Å². The van der Waals surface area contributed by atoms with Gasteiger partial charge in [0.1, 0.15) is 11.9 Å². The summed E-state index contributed by atoms with van der Waals surface area (Å²) < 4.78 is 19.5. The van der Waals surface area contributed by atoms with Gasteiger partial charge in [0.2, 0.25) is 0 Å². The van der Waals surface area contributed by atoms with Gasteiger partial charge in [-0.3, -0.25) is 4.99 Å². The van der Waals surface area contributed by atoms with Crippen molar-refractivity contribution in [3.05, 3.63) is 63.0 Å². The minimum absolute atomic E-state index is 0.159. The number of allylic oxidation sites excluding steroid dienone is 1. The van der Waals surface area contributed by atoms with Crippen LogP contribution >= 0.6 is 11.3 Å². The van der Waals surface area contributed by atoms with Crippen LogP contribution in [0.15, 0.2) is 46.0 Å². The lowest BCUT2D eigenvalue weighted by Crippen LogP contribution is -2.40. The molecule has 29 heavy (non-hydrogen) atoms. The second-order valence-electron chi connectivity index (χ2n) is 7.14. The number of esters is 1. The van der Waals surface area contributed by atoms with Crippen LogP contribution in [-0.4, -0.2) is 37.0 Å². The highest BCUT2D eigenvalue weighted by Gasteiger charge is 2.36. The molecule has 8 heteroatoms. The molecule has 1 aromatic heterocycles. The first-order valence-corrected chi connectivity index (χ1v) is 10.5. The molecule has 1 unspecified atom stereocenters. The van der Waals surface area contributed by atoms with E-state index < -0.39 is 12.0 Å². The second kappa shape index (κ2) is 8.42. The van der Waals surface area contributed by atoms with Crippen molar-refractivity contribution in [3.8, 4) is 0 Å². The predicted molar refractivity (Wildman–Crippen MR) is 110 cm³/mol. The Hall–Kier alpha value is -2.58. The van der Waals surface area contributed by atoms with Crippen molar-refractivity contribution >= 4 is 23.1 Å². The molecule has 0 saturated carbocycles. The van der Waals surface area contributed by atoms with Gasteiger partial charge in [0.05, 0.1) is 12.7 Å². The summed E-state index contributed by atoms with van der Waals surface area (Å²) in [5.74, 6) is 0.00307. The number of nitrogens with one attached hydrogen (secondary N) is 2. The molecule has 1 fully saturated rings. The first-order valence-electron chi connectivity index (χ1n) is 9.63. The fourth-order valence-electron chi connectivity index (χ4n) is 3.93. The summed E-state index contributed by atoms with van der Waals surface area (Å²) in [6.45, 7) is 3.46. The van der Waals surface area contributed by atoms with Gasteiger partial charge in [0.25, 0.3) is 0 Å². The highest BCUT2D eigenvalue weighted by atomic mass is 32.1. The minimum atomic E-state index is -0.650. The Morgan fingerprint density at radius 2 is 2.10 bits per heavy atom. The Bertz CT molecular complexity index is 965. The van der Waals surface area contributed by atoms with Crippen molar-refractivity contribution in [2.75, 3.05) is 20.2 Å². The van der Waals surface area contributed by atoms with Crippen molar-refractivity contribution in [1.82, 2.24) is 15.6 Å². The number of amidine groups is 1. The summed E-state index contributed by atoms with van der Waals surface area (Å²) in [5, 5.41) is 9.35. The molecule has 2 N–H and O–H groups in total. The van der Waals surface area contributed by atoms with Gasteiger partial charge < -0.3 is 15.4 Å². The van der Waals surface area contributed by atoms with Crippen molar-refractivity contribution in [1.29, 1.82) is 0 Å². The molecule has 0 amide bonds. The van der Waals surface area contributed by atoms with E-state index >= 15 is 0 Å². The maximum atomic E-state index is 14.4. The van der Waals surface area contributed by atoms with Crippen LogP contribution in [0.5, 0.6) is 0 Å². The third-order valence-corrected chi connectivity index (χ3v) is 6.25. The van der Waals surface area contributed by atoms with Gasteiger partial charge >= 0.3 is 5.97 Å². The average Bonchev–Trinajstić information content (AvgIpc) is 3.30. The molecule has 4 rings (SSSR count). The molecule has 0 bridgehead atoms. The smallest absolute Gasteiger partial charge is 0.338 e. The summed E-state index contributed by atoms with van der Waals surface area (Å²) in [5.41, 5.74) is 2.40. The highest BCUT2D eigenvalue weighted by molar-refractivity contribution is 7.11. The third kappa shape index (κ3) is 3.82. The average molecular weight is 415 g/mol. The number of hydrogen-bond acceptors (Lipinski definition) is 7. The fourth-order valence-corrected chi connectivity index (χ4v) is 4.51. The summed E-state index contributed by atoms with van der Waals surface area (Å²) in [4.78, 5) is 22.1. The first-order chi connectivity index (χ1) is 14.1. The van der Waals surface area contributed by atoms with Crippen LogP contribution in [0.4, 0.5) is 4.39 Å². The topological polar surface area (TPSA) is 75.6 Å². The quantitative estimate of drug-likeness (QED) is 0.752. The number of nitrogens with zero attached hydrogens (tertiary/aromatic N) is 2. The molecule has 152 valence electrons. The van der Waals surface area contributed by atoms with Crippen molar-refractivity contribution in [2.45, 2.75) is 25.8 Å². The Morgan fingerprint density at radius 3 is 2.79 bits per heavy atom. The summed E-state index contributed by atoms with van der Waals surface area (Å²) in [7, 11) is 1.37. The number of hydrogen-bond donors (Lipinski definition) is 2. The van der Waals surface area contributed by atoms with Crippen LogP contribution in [0.3, 0.4) is 0 Å². The summed E-state index contributed by atoms with van der Waals surface area (Å²) in [6.07, 6.45) is 3.50. The lowest BCUT2D eigenvalue weighted by molar-refractivity contribution is -0.136.